The molecule has 2 N–H and O–H groups in total. The molecule has 0 saturated carbocycles. The number of nitrogens with two attached hydrogens (primary N) is 1. The van der Waals surface area contributed by atoms with E-state index in [9.17, 15) is 4.39 Å². The maximum Gasteiger partial charge on any atom is 0.142 e. The van der Waals surface area contributed by atoms with Crippen LogP contribution >= 0.6 is 0 Å². The average Bonchev–Trinajstić information content (AvgIpc) is 2.61. The summed E-state index contributed by atoms with van der Waals surface area (Å²) in [6.45, 7) is 1.56. The Kier molecular flexibility index (Phi) is 4.90. The predicted octanol–water partition coefficient (Wildman–Crippen LogP) is 3.16. The first-order valence-electron chi connectivity index (χ1n) is 8.08. The fourth-order valence-electron chi connectivity index (χ4n) is 3.36. The number of benzene rings is 2. The first-order chi connectivity index (χ1) is 11.6. The second-order valence-corrected chi connectivity index (χ2v) is 6.19. The molecule has 0 aliphatic carbocycles. The number of nitrogens with zero attached hydrogens (tertiary/aromatic N) is 1. The molecule has 0 bridgehead atoms. The van der Waals surface area contributed by atoms with Crippen LogP contribution in [0.2, 0.25) is 0 Å². The normalized spacial score (nSPS) is 20.8. The minimum absolute atomic E-state index is 0.0460. The van der Waals surface area contributed by atoms with Gasteiger partial charge in [-0.15, -0.1) is 0 Å². The van der Waals surface area contributed by atoms with Gasteiger partial charge in [-0.2, -0.15) is 0 Å². The van der Waals surface area contributed by atoms with Crippen LogP contribution in [0, 0.1) is 5.82 Å². The lowest BCUT2D eigenvalue weighted by molar-refractivity contribution is 0.397. The highest BCUT2D eigenvalue weighted by Crippen LogP contribution is 2.36. The third-order valence-electron chi connectivity index (χ3n) is 4.55. The third-order valence-corrected chi connectivity index (χ3v) is 4.55. The maximum atomic E-state index is 13.2. The highest BCUT2D eigenvalue weighted by molar-refractivity contribution is 5.62. The lowest BCUT2D eigenvalue weighted by Gasteiger charge is -2.38. The molecule has 0 aromatic heterocycles. The van der Waals surface area contributed by atoms with E-state index in [0.29, 0.717) is 0 Å². The summed E-state index contributed by atoms with van der Waals surface area (Å²) in [7, 11) is 3.31. The Morgan fingerprint density at radius 2 is 1.79 bits per heavy atom. The van der Waals surface area contributed by atoms with E-state index >= 15 is 0 Å². The molecule has 2 unspecified atom stereocenters. The Balaban J connectivity index is 1.89. The van der Waals surface area contributed by atoms with Crippen LogP contribution in [0.1, 0.15) is 17.9 Å². The van der Waals surface area contributed by atoms with E-state index in [1.807, 2.05) is 30.3 Å². The molecule has 128 valence electrons. The quantitative estimate of drug-likeness (QED) is 0.935. The SMILES string of the molecule is COc1ccc(OC)c(N2CC(N)CC(c3ccc(F)cc3)C2)c1. The molecule has 0 spiro atoms. The van der Waals surface area contributed by atoms with Gasteiger partial charge >= 0.3 is 0 Å². The summed E-state index contributed by atoms with van der Waals surface area (Å²) >= 11 is 0. The van der Waals surface area contributed by atoms with E-state index in [4.69, 9.17) is 15.2 Å². The van der Waals surface area contributed by atoms with Crippen molar-refractivity contribution < 1.29 is 13.9 Å². The number of rotatable bonds is 4. The smallest absolute Gasteiger partial charge is 0.142 e. The molecule has 1 fully saturated rings. The largest absolute Gasteiger partial charge is 0.497 e. The molecule has 0 amide bonds. The molecule has 1 aliphatic rings. The van der Waals surface area contributed by atoms with Gasteiger partial charge in [0.15, 0.2) is 0 Å². The van der Waals surface area contributed by atoms with Crippen molar-refractivity contribution in [2.24, 2.45) is 5.73 Å². The van der Waals surface area contributed by atoms with Crippen molar-refractivity contribution in [1.82, 2.24) is 0 Å². The second-order valence-electron chi connectivity index (χ2n) is 6.19. The summed E-state index contributed by atoms with van der Waals surface area (Å²) in [6.07, 6.45) is 0.883. The van der Waals surface area contributed by atoms with Gasteiger partial charge in [-0.05, 0) is 36.2 Å². The van der Waals surface area contributed by atoms with Gasteiger partial charge in [0, 0.05) is 31.1 Å². The van der Waals surface area contributed by atoms with Crippen molar-refractivity contribution in [3.8, 4) is 11.5 Å². The summed E-state index contributed by atoms with van der Waals surface area (Å²) in [5, 5.41) is 0. The van der Waals surface area contributed by atoms with Crippen LogP contribution in [-0.4, -0.2) is 33.4 Å². The van der Waals surface area contributed by atoms with Crippen LogP contribution in [0.5, 0.6) is 11.5 Å². The van der Waals surface area contributed by atoms with E-state index in [1.165, 1.54) is 12.1 Å². The third kappa shape index (κ3) is 3.46. The summed E-state index contributed by atoms with van der Waals surface area (Å²) < 4.78 is 24.0. The van der Waals surface area contributed by atoms with Crippen LogP contribution in [0.3, 0.4) is 0 Å². The monoisotopic (exact) mass is 330 g/mol. The summed E-state index contributed by atoms with van der Waals surface area (Å²) in [4.78, 5) is 2.23. The zero-order chi connectivity index (χ0) is 17.1. The molecule has 1 aliphatic heterocycles. The molecule has 3 rings (SSSR count). The molecule has 2 aromatic carbocycles. The number of anilines is 1. The van der Waals surface area contributed by atoms with Crippen molar-refractivity contribution in [2.45, 2.75) is 18.4 Å². The van der Waals surface area contributed by atoms with Crippen LogP contribution in [0.15, 0.2) is 42.5 Å². The predicted molar refractivity (Wildman–Crippen MR) is 93.5 cm³/mol. The molecule has 5 heteroatoms. The molecule has 1 saturated heterocycles. The Hall–Kier alpha value is -2.27. The van der Waals surface area contributed by atoms with Gasteiger partial charge in [-0.25, -0.2) is 4.39 Å². The number of methoxy groups -OCH3 is 2. The van der Waals surface area contributed by atoms with Crippen LogP contribution in [0.25, 0.3) is 0 Å². The molecule has 2 aromatic rings. The van der Waals surface area contributed by atoms with Crippen LogP contribution in [-0.2, 0) is 0 Å². The minimum Gasteiger partial charge on any atom is -0.497 e. The second kappa shape index (κ2) is 7.09. The molecular weight excluding hydrogens is 307 g/mol. The van der Waals surface area contributed by atoms with E-state index in [1.54, 1.807) is 14.2 Å². The van der Waals surface area contributed by atoms with Crippen molar-refractivity contribution in [3.05, 3.63) is 53.8 Å². The first kappa shape index (κ1) is 16.6. The van der Waals surface area contributed by atoms with Crippen molar-refractivity contribution in [3.63, 3.8) is 0 Å². The minimum atomic E-state index is -0.217. The van der Waals surface area contributed by atoms with Gasteiger partial charge in [-0.3, -0.25) is 0 Å². The molecule has 24 heavy (non-hydrogen) atoms. The highest BCUT2D eigenvalue weighted by atomic mass is 19.1. The highest BCUT2D eigenvalue weighted by Gasteiger charge is 2.28. The van der Waals surface area contributed by atoms with Gasteiger partial charge in [-0.1, -0.05) is 12.1 Å². The number of hydrogen-bond acceptors (Lipinski definition) is 4. The van der Waals surface area contributed by atoms with Gasteiger partial charge < -0.3 is 20.1 Å². The molecule has 1 heterocycles. The molecule has 0 radical (unpaired) electrons. The number of ether oxygens (including phenoxy) is 2. The lowest BCUT2D eigenvalue weighted by atomic mass is 9.88. The Labute approximate surface area is 142 Å². The van der Waals surface area contributed by atoms with E-state index in [2.05, 4.69) is 4.90 Å². The average molecular weight is 330 g/mol. The van der Waals surface area contributed by atoms with Crippen LogP contribution in [0.4, 0.5) is 10.1 Å². The standard InChI is InChI=1S/C19H23FN2O2/c1-23-17-7-8-19(24-2)18(10-17)22-11-14(9-16(21)12-22)13-3-5-15(20)6-4-13/h3-8,10,14,16H,9,11-12,21H2,1-2H3. The van der Waals surface area contributed by atoms with E-state index in [-0.39, 0.29) is 17.8 Å². The Bertz CT molecular complexity index is 690. The summed E-state index contributed by atoms with van der Waals surface area (Å²) in [6, 6.07) is 12.5. The Morgan fingerprint density at radius 3 is 2.46 bits per heavy atom. The topological polar surface area (TPSA) is 47.7 Å². The zero-order valence-corrected chi connectivity index (χ0v) is 14.0. The van der Waals surface area contributed by atoms with Crippen molar-refractivity contribution in [1.29, 1.82) is 0 Å². The van der Waals surface area contributed by atoms with E-state index < -0.39 is 0 Å². The molecular formula is C19H23FN2O2. The maximum absolute atomic E-state index is 13.2. The van der Waals surface area contributed by atoms with Crippen LogP contribution < -0.4 is 20.1 Å². The van der Waals surface area contributed by atoms with Gasteiger partial charge in [0.2, 0.25) is 0 Å². The molecule has 2 atom stereocenters. The number of hydrogen-bond donors (Lipinski definition) is 1. The summed E-state index contributed by atoms with van der Waals surface area (Å²) in [5.41, 5.74) is 8.38. The number of piperidine rings is 1. The van der Waals surface area contributed by atoms with Crippen molar-refractivity contribution >= 4 is 5.69 Å². The molecule has 4 nitrogen and oxygen atoms in total. The van der Waals surface area contributed by atoms with Gasteiger partial charge in [0.1, 0.15) is 17.3 Å². The zero-order valence-electron chi connectivity index (χ0n) is 14.0. The first-order valence-corrected chi connectivity index (χ1v) is 8.08. The number of halogens is 1. The summed E-state index contributed by atoms with van der Waals surface area (Å²) in [5.74, 6) is 1.61. The lowest BCUT2D eigenvalue weighted by Crippen LogP contribution is -2.46. The van der Waals surface area contributed by atoms with Crippen molar-refractivity contribution in [2.75, 3.05) is 32.2 Å². The van der Waals surface area contributed by atoms with Gasteiger partial charge in [0.25, 0.3) is 0 Å². The van der Waals surface area contributed by atoms with E-state index in [0.717, 1.165) is 42.3 Å². The Morgan fingerprint density at radius 1 is 1.04 bits per heavy atom. The fourth-order valence-corrected chi connectivity index (χ4v) is 3.36. The fraction of sp³-hybridized carbons (Fsp3) is 0.368. The van der Waals surface area contributed by atoms with Gasteiger partial charge in [0.05, 0.1) is 19.9 Å².